The second-order valence-corrected chi connectivity index (χ2v) is 6.62. The molecule has 1 aliphatic heterocycles. The molecule has 0 bridgehead atoms. The van der Waals surface area contributed by atoms with Gasteiger partial charge in [-0.05, 0) is 30.2 Å². The lowest BCUT2D eigenvalue weighted by atomic mass is 10.1. The molecule has 3 aromatic rings. The first-order valence-corrected chi connectivity index (χ1v) is 7.87. The molecule has 4 heteroatoms. The monoisotopic (exact) mass is 294 g/mol. The minimum atomic E-state index is 0.500. The molecule has 1 aliphatic rings. The summed E-state index contributed by atoms with van der Waals surface area (Å²) < 4.78 is 2.11. The average molecular weight is 294 g/mol. The fraction of sp³-hybridized carbons (Fsp3) is 0.176. The summed E-state index contributed by atoms with van der Waals surface area (Å²) in [5, 5.41) is 1.44. The Labute approximate surface area is 127 Å². The summed E-state index contributed by atoms with van der Waals surface area (Å²) in [4.78, 5) is 17.0. The van der Waals surface area contributed by atoms with Crippen molar-refractivity contribution in [1.82, 2.24) is 9.55 Å². The first-order chi connectivity index (χ1) is 10.3. The molecule has 1 unspecified atom stereocenters. The third-order valence-electron chi connectivity index (χ3n) is 3.91. The van der Waals surface area contributed by atoms with Crippen molar-refractivity contribution in [2.24, 2.45) is 0 Å². The molecule has 0 saturated carbocycles. The third kappa shape index (κ3) is 2.16. The summed E-state index contributed by atoms with van der Waals surface area (Å²) in [6.45, 7) is 0.876. The maximum absolute atomic E-state index is 11.2. The highest BCUT2D eigenvalue weighted by Gasteiger charge is 2.23. The number of hydrogen-bond donors (Lipinski definition) is 0. The summed E-state index contributed by atoms with van der Waals surface area (Å²) in [6, 6.07) is 12.4. The van der Waals surface area contributed by atoms with Crippen molar-refractivity contribution in [3.05, 3.63) is 59.9 Å². The van der Waals surface area contributed by atoms with E-state index in [9.17, 15) is 4.79 Å². The molecular weight excluding hydrogens is 280 g/mol. The number of thioether (sulfide) groups is 1. The standard InChI is InChI=1S/C17H14N2OS/c20-11-13-9-19(17-15(13)5-3-7-18-17)10-14-8-12-4-1-2-6-16(12)21-14/h1-7,9,11,14H,8,10H2. The average Bonchev–Trinajstić information content (AvgIpc) is 3.08. The van der Waals surface area contributed by atoms with E-state index in [2.05, 4.69) is 33.8 Å². The molecular formula is C17H14N2OS. The van der Waals surface area contributed by atoms with Gasteiger partial charge in [-0.15, -0.1) is 11.8 Å². The summed E-state index contributed by atoms with van der Waals surface area (Å²) in [7, 11) is 0. The lowest BCUT2D eigenvalue weighted by Gasteiger charge is -2.10. The Morgan fingerprint density at radius 1 is 1.29 bits per heavy atom. The van der Waals surface area contributed by atoms with Gasteiger partial charge in [0, 0.05) is 40.0 Å². The van der Waals surface area contributed by atoms with Crippen LogP contribution in [0.2, 0.25) is 0 Å². The van der Waals surface area contributed by atoms with Gasteiger partial charge in [-0.25, -0.2) is 4.98 Å². The number of carbonyl (C=O) groups is 1. The van der Waals surface area contributed by atoms with Gasteiger partial charge in [-0.3, -0.25) is 4.79 Å². The Morgan fingerprint density at radius 3 is 3.05 bits per heavy atom. The van der Waals surface area contributed by atoms with Crippen LogP contribution < -0.4 is 0 Å². The number of aromatic nitrogens is 2. The zero-order valence-corrected chi connectivity index (χ0v) is 12.2. The number of aldehydes is 1. The minimum absolute atomic E-state index is 0.500. The Morgan fingerprint density at radius 2 is 2.19 bits per heavy atom. The van der Waals surface area contributed by atoms with Crippen LogP contribution in [0.15, 0.2) is 53.7 Å². The SMILES string of the molecule is O=Cc1cn(CC2Cc3ccccc3S2)c2ncccc12. The highest BCUT2D eigenvalue weighted by atomic mass is 32.2. The predicted molar refractivity (Wildman–Crippen MR) is 84.9 cm³/mol. The molecule has 0 fully saturated rings. The number of rotatable bonds is 3. The molecule has 21 heavy (non-hydrogen) atoms. The van der Waals surface area contributed by atoms with Crippen LogP contribution in [0.25, 0.3) is 11.0 Å². The van der Waals surface area contributed by atoms with Crippen molar-refractivity contribution < 1.29 is 4.79 Å². The summed E-state index contributed by atoms with van der Waals surface area (Å²) in [5.74, 6) is 0. The summed E-state index contributed by atoms with van der Waals surface area (Å²) in [5.41, 5.74) is 3.04. The normalized spacial score (nSPS) is 17.0. The first kappa shape index (κ1) is 12.7. The van der Waals surface area contributed by atoms with E-state index >= 15 is 0 Å². The van der Waals surface area contributed by atoms with Crippen LogP contribution >= 0.6 is 11.8 Å². The molecule has 3 heterocycles. The van der Waals surface area contributed by atoms with Gasteiger partial charge in [0.05, 0.1) is 0 Å². The largest absolute Gasteiger partial charge is 0.331 e. The lowest BCUT2D eigenvalue weighted by Crippen LogP contribution is -2.11. The minimum Gasteiger partial charge on any atom is -0.331 e. The van der Waals surface area contributed by atoms with Gasteiger partial charge in [0.15, 0.2) is 6.29 Å². The van der Waals surface area contributed by atoms with Gasteiger partial charge >= 0.3 is 0 Å². The van der Waals surface area contributed by atoms with E-state index in [1.165, 1.54) is 10.5 Å². The van der Waals surface area contributed by atoms with Crippen molar-refractivity contribution in [2.75, 3.05) is 0 Å². The van der Waals surface area contributed by atoms with Crippen molar-refractivity contribution in [2.45, 2.75) is 23.1 Å². The topological polar surface area (TPSA) is 34.9 Å². The maximum atomic E-state index is 11.2. The molecule has 0 saturated heterocycles. The van der Waals surface area contributed by atoms with E-state index < -0.39 is 0 Å². The zero-order chi connectivity index (χ0) is 14.2. The van der Waals surface area contributed by atoms with Crippen LogP contribution in [0.5, 0.6) is 0 Å². The van der Waals surface area contributed by atoms with Gasteiger partial charge in [0.2, 0.25) is 0 Å². The van der Waals surface area contributed by atoms with Crippen molar-refractivity contribution in [3.8, 4) is 0 Å². The maximum Gasteiger partial charge on any atom is 0.152 e. The Bertz CT molecular complexity index is 800. The molecule has 3 nitrogen and oxygen atoms in total. The highest BCUT2D eigenvalue weighted by molar-refractivity contribution is 8.00. The number of nitrogens with zero attached hydrogens (tertiary/aromatic N) is 2. The number of hydrogen-bond acceptors (Lipinski definition) is 3. The Kier molecular flexibility index (Phi) is 3.04. The van der Waals surface area contributed by atoms with Crippen LogP contribution in [-0.4, -0.2) is 21.1 Å². The molecule has 4 rings (SSSR count). The van der Waals surface area contributed by atoms with Crippen LogP contribution in [0, 0.1) is 0 Å². The lowest BCUT2D eigenvalue weighted by molar-refractivity contribution is 0.112. The van der Waals surface area contributed by atoms with Gasteiger partial charge in [-0.2, -0.15) is 0 Å². The van der Waals surface area contributed by atoms with Gasteiger partial charge in [0.1, 0.15) is 5.65 Å². The van der Waals surface area contributed by atoms with E-state index in [0.29, 0.717) is 5.25 Å². The van der Waals surface area contributed by atoms with Crippen LogP contribution in [0.4, 0.5) is 0 Å². The van der Waals surface area contributed by atoms with E-state index in [1.807, 2.05) is 30.1 Å². The first-order valence-electron chi connectivity index (χ1n) is 6.99. The van der Waals surface area contributed by atoms with E-state index in [-0.39, 0.29) is 0 Å². The van der Waals surface area contributed by atoms with Crippen LogP contribution in [0.1, 0.15) is 15.9 Å². The molecule has 0 N–H and O–H groups in total. The van der Waals surface area contributed by atoms with E-state index in [1.54, 1.807) is 6.20 Å². The van der Waals surface area contributed by atoms with E-state index in [4.69, 9.17) is 0 Å². The molecule has 0 aliphatic carbocycles. The molecule has 2 aromatic heterocycles. The van der Waals surface area contributed by atoms with Gasteiger partial charge < -0.3 is 4.57 Å². The number of benzene rings is 1. The zero-order valence-electron chi connectivity index (χ0n) is 11.4. The van der Waals surface area contributed by atoms with Crippen molar-refractivity contribution >= 4 is 29.1 Å². The number of carbonyl (C=O) groups excluding carboxylic acids is 1. The smallest absolute Gasteiger partial charge is 0.152 e. The number of fused-ring (bicyclic) bond motifs is 2. The summed E-state index contributed by atoms with van der Waals surface area (Å²) >= 11 is 1.92. The fourth-order valence-corrected chi connectivity index (χ4v) is 4.28. The molecule has 0 amide bonds. The van der Waals surface area contributed by atoms with Crippen LogP contribution in [-0.2, 0) is 13.0 Å². The molecule has 0 spiro atoms. The van der Waals surface area contributed by atoms with Crippen molar-refractivity contribution in [1.29, 1.82) is 0 Å². The van der Waals surface area contributed by atoms with Crippen molar-refractivity contribution in [3.63, 3.8) is 0 Å². The quantitative estimate of drug-likeness (QED) is 0.693. The Balaban J connectivity index is 1.66. The molecule has 0 radical (unpaired) electrons. The highest BCUT2D eigenvalue weighted by Crippen LogP contribution is 2.37. The second-order valence-electron chi connectivity index (χ2n) is 5.28. The molecule has 1 atom stereocenters. The van der Waals surface area contributed by atoms with E-state index in [0.717, 1.165) is 35.8 Å². The second kappa shape index (κ2) is 5.04. The predicted octanol–water partition coefficient (Wildman–Crippen LogP) is 3.57. The molecule has 1 aromatic carbocycles. The number of pyridine rings is 1. The van der Waals surface area contributed by atoms with Gasteiger partial charge in [-0.1, -0.05) is 18.2 Å². The third-order valence-corrected chi connectivity index (χ3v) is 5.21. The molecule has 104 valence electrons. The Hall–Kier alpha value is -2.07. The summed E-state index contributed by atoms with van der Waals surface area (Å²) in [6.07, 6.45) is 5.69. The van der Waals surface area contributed by atoms with Crippen LogP contribution in [0.3, 0.4) is 0 Å². The fourth-order valence-electron chi connectivity index (χ4n) is 2.96. The van der Waals surface area contributed by atoms with Gasteiger partial charge in [0.25, 0.3) is 0 Å².